The fourth-order valence-corrected chi connectivity index (χ4v) is 2.09. The highest BCUT2D eigenvalue weighted by Crippen LogP contribution is 2.19. The number of hydrogen-bond acceptors (Lipinski definition) is 4. The zero-order valence-corrected chi connectivity index (χ0v) is 11.3. The Hall–Kier alpha value is -3.02. The van der Waals surface area contributed by atoms with Gasteiger partial charge in [-0.2, -0.15) is 0 Å². The molecule has 2 aromatic carbocycles. The Labute approximate surface area is 119 Å². The van der Waals surface area contributed by atoms with E-state index in [4.69, 9.17) is 10.2 Å². The number of amides is 1. The molecule has 3 aromatic rings. The van der Waals surface area contributed by atoms with Crippen LogP contribution in [0.15, 0.2) is 45.6 Å². The van der Waals surface area contributed by atoms with E-state index in [1.165, 1.54) is 0 Å². The molecule has 0 bridgehead atoms. The number of carbonyl (C=O) groups excluding carboxylic acids is 1. The van der Waals surface area contributed by atoms with E-state index in [1.807, 2.05) is 13.0 Å². The van der Waals surface area contributed by atoms with Crippen molar-refractivity contribution >= 4 is 28.4 Å². The van der Waals surface area contributed by atoms with Crippen LogP contribution in [0.1, 0.15) is 15.9 Å². The quantitative estimate of drug-likeness (QED) is 0.628. The summed E-state index contributed by atoms with van der Waals surface area (Å²) in [4.78, 5) is 25.9. The molecular weight excluding hydrogens is 270 g/mol. The minimum Gasteiger partial charge on any atom is -0.408 e. The van der Waals surface area contributed by atoms with Crippen LogP contribution < -0.4 is 16.8 Å². The third kappa shape index (κ3) is 2.51. The van der Waals surface area contributed by atoms with E-state index in [0.717, 1.165) is 5.56 Å². The molecule has 0 aliphatic rings. The number of nitrogen functional groups attached to an aromatic ring is 1. The van der Waals surface area contributed by atoms with Gasteiger partial charge >= 0.3 is 5.76 Å². The van der Waals surface area contributed by atoms with Gasteiger partial charge in [-0.25, -0.2) is 4.79 Å². The summed E-state index contributed by atoms with van der Waals surface area (Å²) in [5.74, 6) is -0.835. The first-order chi connectivity index (χ1) is 10.0. The van der Waals surface area contributed by atoms with Crippen LogP contribution >= 0.6 is 0 Å². The van der Waals surface area contributed by atoms with Crippen LogP contribution in [-0.4, -0.2) is 10.9 Å². The van der Waals surface area contributed by atoms with Gasteiger partial charge in [0.1, 0.15) is 0 Å². The highest BCUT2D eigenvalue weighted by Gasteiger charge is 2.11. The normalized spacial score (nSPS) is 10.7. The summed E-state index contributed by atoms with van der Waals surface area (Å²) < 4.78 is 4.90. The predicted molar refractivity (Wildman–Crippen MR) is 80.4 cm³/mol. The maximum atomic E-state index is 12.2. The number of rotatable bonds is 2. The lowest BCUT2D eigenvalue weighted by Crippen LogP contribution is -2.14. The molecule has 0 aliphatic heterocycles. The van der Waals surface area contributed by atoms with Gasteiger partial charge in [-0.05, 0) is 37.3 Å². The number of fused-ring (bicyclic) bond motifs is 1. The summed E-state index contributed by atoms with van der Waals surface area (Å²) in [6.07, 6.45) is 0. The molecule has 0 aliphatic carbocycles. The van der Waals surface area contributed by atoms with E-state index in [2.05, 4.69) is 10.3 Å². The van der Waals surface area contributed by atoms with Gasteiger partial charge in [0.15, 0.2) is 5.58 Å². The van der Waals surface area contributed by atoms with E-state index in [0.29, 0.717) is 28.0 Å². The van der Waals surface area contributed by atoms with Crippen LogP contribution in [0.5, 0.6) is 0 Å². The highest BCUT2D eigenvalue weighted by atomic mass is 16.4. The van der Waals surface area contributed by atoms with Crippen LogP contribution in [0.3, 0.4) is 0 Å². The lowest BCUT2D eigenvalue weighted by atomic mass is 10.1. The fraction of sp³-hybridized carbons (Fsp3) is 0.0667. The second-order valence-corrected chi connectivity index (χ2v) is 4.77. The number of aromatic amines is 1. The Kier molecular flexibility index (Phi) is 2.98. The van der Waals surface area contributed by atoms with Crippen LogP contribution in [0.4, 0.5) is 11.4 Å². The Morgan fingerprint density at radius 2 is 2.05 bits per heavy atom. The molecule has 6 heteroatoms. The van der Waals surface area contributed by atoms with Crippen molar-refractivity contribution in [1.82, 2.24) is 4.98 Å². The Bertz CT molecular complexity index is 893. The first kappa shape index (κ1) is 13.0. The summed E-state index contributed by atoms with van der Waals surface area (Å²) >= 11 is 0. The van der Waals surface area contributed by atoms with Gasteiger partial charge in [-0.15, -0.1) is 0 Å². The summed E-state index contributed by atoms with van der Waals surface area (Å²) in [6, 6.07) is 10.2. The number of benzene rings is 2. The largest absolute Gasteiger partial charge is 0.417 e. The van der Waals surface area contributed by atoms with Gasteiger partial charge < -0.3 is 15.5 Å². The molecule has 1 heterocycles. The molecule has 21 heavy (non-hydrogen) atoms. The molecule has 0 atom stereocenters. The van der Waals surface area contributed by atoms with Crippen molar-refractivity contribution in [3.63, 3.8) is 0 Å². The average Bonchev–Trinajstić information content (AvgIpc) is 2.80. The van der Waals surface area contributed by atoms with Crippen molar-refractivity contribution in [3.05, 3.63) is 58.1 Å². The Balaban J connectivity index is 1.92. The zero-order chi connectivity index (χ0) is 15.0. The van der Waals surface area contributed by atoms with Gasteiger partial charge in [0, 0.05) is 11.4 Å². The van der Waals surface area contributed by atoms with Crippen LogP contribution in [0.2, 0.25) is 0 Å². The highest BCUT2D eigenvalue weighted by molar-refractivity contribution is 6.08. The standard InChI is InChI=1S/C15H13N3O3/c1-8-2-4-11(16)10(6-8)14(19)17-9-3-5-13-12(7-9)18-15(20)21-13/h2-7H,16H2,1H3,(H,17,19)(H,18,20). The first-order valence-corrected chi connectivity index (χ1v) is 6.33. The number of hydrogen-bond donors (Lipinski definition) is 3. The lowest BCUT2D eigenvalue weighted by Gasteiger charge is -2.08. The molecule has 0 saturated heterocycles. The number of nitrogens with two attached hydrogens (primary N) is 1. The van der Waals surface area contributed by atoms with Gasteiger partial charge in [-0.3, -0.25) is 9.78 Å². The maximum absolute atomic E-state index is 12.2. The Morgan fingerprint density at radius 1 is 1.24 bits per heavy atom. The number of H-pyrrole nitrogens is 1. The molecule has 106 valence electrons. The van der Waals surface area contributed by atoms with Crippen molar-refractivity contribution < 1.29 is 9.21 Å². The van der Waals surface area contributed by atoms with E-state index in [-0.39, 0.29) is 5.91 Å². The molecule has 0 saturated carbocycles. The molecule has 0 spiro atoms. The monoisotopic (exact) mass is 283 g/mol. The van der Waals surface area contributed by atoms with E-state index in [1.54, 1.807) is 30.3 Å². The SMILES string of the molecule is Cc1ccc(N)c(C(=O)Nc2ccc3oc(=O)[nH]c3c2)c1. The Morgan fingerprint density at radius 3 is 2.86 bits per heavy atom. The molecule has 0 radical (unpaired) electrons. The van der Waals surface area contributed by atoms with Gasteiger partial charge in [0.25, 0.3) is 5.91 Å². The second-order valence-electron chi connectivity index (χ2n) is 4.77. The van der Waals surface area contributed by atoms with Crippen molar-refractivity contribution in [2.24, 2.45) is 0 Å². The number of nitrogens with one attached hydrogen (secondary N) is 2. The third-order valence-electron chi connectivity index (χ3n) is 3.13. The van der Waals surface area contributed by atoms with Crippen LogP contribution in [0, 0.1) is 6.92 Å². The predicted octanol–water partition coefficient (Wildman–Crippen LogP) is 2.26. The lowest BCUT2D eigenvalue weighted by molar-refractivity contribution is 0.102. The molecular formula is C15H13N3O3. The molecule has 0 fully saturated rings. The van der Waals surface area contributed by atoms with Crippen LogP contribution in [-0.2, 0) is 0 Å². The van der Waals surface area contributed by atoms with E-state index >= 15 is 0 Å². The summed E-state index contributed by atoms with van der Waals surface area (Å²) in [5, 5.41) is 2.75. The van der Waals surface area contributed by atoms with Gasteiger partial charge in [0.05, 0.1) is 11.1 Å². The summed E-state index contributed by atoms with van der Waals surface area (Å²) in [5.41, 5.74) is 9.10. The molecule has 0 unspecified atom stereocenters. The first-order valence-electron chi connectivity index (χ1n) is 6.33. The number of carbonyl (C=O) groups is 1. The van der Waals surface area contributed by atoms with Crippen LogP contribution in [0.25, 0.3) is 11.1 Å². The topological polar surface area (TPSA) is 101 Å². The van der Waals surface area contributed by atoms with E-state index < -0.39 is 5.76 Å². The minimum atomic E-state index is -0.531. The second kappa shape index (κ2) is 4.82. The maximum Gasteiger partial charge on any atom is 0.417 e. The summed E-state index contributed by atoms with van der Waals surface area (Å²) in [6.45, 7) is 1.89. The minimum absolute atomic E-state index is 0.304. The van der Waals surface area contributed by atoms with Crippen molar-refractivity contribution in [1.29, 1.82) is 0 Å². The average molecular weight is 283 g/mol. The molecule has 4 N–H and O–H groups in total. The fourth-order valence-electron chi connectivity index (χ4n) is 2.09. The van der Waals surface area contributed by atoms with E-state index in [9.17, 15) is 9.59 Å². The van der Waals surface area contributed by atoms with Crippen molar-refractivity contribution in [3.8, 4) is 0 Å². The molecule has 3 rings (SSSR count). The number of anilines is 2. The number of oxazole rings is 1. The number of aryl methyl sites for hydroxylation is 1. The zero-order valence-electron chi connectivity index (χ0n) is 11.3. The van der Waals surface area contributed by atoms with Crippen molar-refractivity contribution in [2.75, 3.05) is 11.1 Å². The molecule has 6 nitrogen and oxygen atoms in total. The van der Waals surface area contributed by atoms with Crippen molar-refractivity contribution in [2.45, 2.75) is 6.92 Å². The number of aromatic nitrogens is 1. The summed E-state index contributed by atoms with van der Waals surface area (Å²) in [7, 11) is 0. The van der Waals surface area contributed by atoms with Gasteiger partial charge in [0.2, 0.25) is 0 Å². The third-order valence-corrected chi connectivity index (χ3v) is 3.13. The molecule has 1 amide bonds. The molecule has 1 aromatic heterocycles. The smallest absolute Gasteiger partial charge is 0.408 e. The van der Waals surface area contributed by atoms with Gasteiger partial charge in [-0.1, -0.05) is 11.6 Å².